The molecule has 0 saturated heterocycles. The van der Waals surface area contributed by atoms with Crippen molar-refractivity contribution in [1.82, 2.24) is 0 Å². The van der Waals surface area contributed by atoms with Crippen LogP contribution in [0.3, 0.4) is 0 Å². The zero-order valence-electron chi connectivity index (χ0n) is 8.10. The molecule has 2 nitrogen and oxygen atoms in total. The van der Waals surface area contributed by atoms with Gasteiger partial charge in [0, 0.05) is 0 Å². The lowest BCUT2D eigenvalue weighted by atomic mass is 11.3. The molecule has 0 fully saturated rings. The van der Waals surface area contributed by atoms with Crippen molar-refractivity contribution in [3.05, 3.63) is 12.3 Å². The third-order valence-corrected chi connectivity index (χ3v) is 1.47. The molecule has 0 N–H and O–H groups in total. The molecular formula is C7H18O2Si2. The van der Waals surface area contributed by atoms with E-state index in [2.05, 4.69) is 6.58 Å². The van der Waals surface area contributed by atoms with E-state index in [0.29, 0.717) is 0 Å². The smallest absolute Gasteiger partial charge is 0.254 e. The van der Waals surface area contributed by atoms with Crippen molar-refractivity contribution in [2.24, 2.45) is 0 Å². The number of hydrogen-bond donors (Lipinski definition) is 0. The summed E-state index contributed by atoms with van der Waals surface area (Å²) in [5.74, 6) is 0. The van der Waals surface area contributed by atoms with Gasteiger partial charge in [0.2, 0.25) is 8.32 Å². The summed E-state index contributed by atoms with van der Waals surface area (Å²) in [6.45, 7) is 12.1. The predicted octanol–water partition coefficient (Wildman–Crippen LogP) is 2.60. The quantitative estimate of drug-likeness (QED) is 0.570. The van der Waals surface area contributed by atoms with Crippen molar-refractivity contribution in [2.45, 2.75) is 32.7 Å². The van der Waals surface area contributed by atoms with Gasteiger partial charge >= 0.3 is 0 Å². The van der Waals surface area contributed by atoms with E-state index in [4.69, 9.17) is 0 Å². The Hall–Kier alpha value is 0.0938. The van der Waals surface area contributed by atoms with Crippen molar-refractivity contribution in [3.8, 4) is 0 Å². The van der Waals surface area contributed by atoms with Crippen molar-refractivity contribution in [3.63, 3.8) is 0 Å². The van der Waals surface area contributed by atoms with Crippen LogP contribution in [0.25, 0.3) is 0 Å². The van der Waals surface area contributed by atoms with E-state index in [1.807, 2.05) is 0 Å². The monoisotopic (exact) mass is 190 g/mol. The van der Waals surface area contributed by atoms with Crippen LogP contribution in [0, 0.1) is 0 Å². The fraction of sp³-hybridized carbons (Fsp3) is 0.714. The summed E-state index contributed by atoms with van der Waals surface area (Å²) in [6.07, 6.45) is 0. The van der Waals surface area contributed by atoms with Crippen LogP contribution in [-0.4, -0.2) is 16.6 Å². The first-order valence-electron chi connectivity index (χ1n) is 3.61. The van der Waals surface area contributed by atoms with Crippen LogP contribution in [0.15, 0.2) is 12.3 Å². The van der Waals surface area contributed by atoms with Crippen LogP contribution in [0.2, 0.25) is 32.7 Å². The van der Waals surface area contributed by atoms with E-state index in [-0.39, 0.29) is 0 Å². The van der Waals surface area contributed by atoms with Crippen LogP contribution in [0.1, 0.15) is 0 Å². The third-order valence-electron chi connectivity index (χ3n) is 0.492. The highest BCUT2D eigenvalue weighted by molar-refractivity contribution is 6.74. The van der Waals surface area contributed by atoms with E-state index in [1.165, 1.54) is 5.70 Å². The predicted molar refractivity (Wildman–Crippen MR) is 52.4 cm³/mol. The lowest BCUT2D eigenvalue weighted by molar-refractivity contribution is 0.436. The van der Waals surface area contributed by atoms with Gasteiger partial charge in [0.25, 0.3) is 8.32 Å². The molecular weight excluding hydrogens is 172 g/mol. The maximum atomic E-state index is 10.5. The fourth-order valence-corrected chi connectivity index (χ4v) is 0. The van der Waals surface area contributed by atoms with Crippen LogP contribution in [-0.2, 0) is 9.59 Å². The molecule has 0 unspecified atom stereocenters. The lowest BCUT2D eigenvalue weighted by Gasteiger charge is -1.98. The van der Waals surface area contributed by atoms with Gasteiger partial charge < -0.3 is 0 Å². The number of hydrogen-bond acceptors (Lipinski definition) is 0. The minimum atomic E-state index is -2.12. The van der Waals surface area contributed by atoms with Crippen LogP contribution < -0.4 is 0 Å². The van der Waals surface area contributed by atoms with E-state index in [1.54, 1.807) is 32.7 Å². The maximum absolute atomic E-state index is 10.5. The van der Waals surface area contributed by atoms with Gasteiger partial charge in [-0.05, 0) is 32.7 Å². The molecule has 0 aromatic heterocycles. The molecule has 0 heterocycles. The molecule has 11 heavy (non-hydrogen) atoms. The normalized spacial score (nSPS) is 11.5. The minimum Gasteiger partial charge on any atom is -0.298 e. The Kier molecular flexibility index (Phi) is 6.05. The average molecular weight is 190 g/mol. The Bertz CT molecular complexity index is 105. The summed E-state index contributed by atoms with van der Waals surface area (Å²) in [5.41, 5.74) is 1.52. The molecule has 0 atom stereocenters. The molecule has 0 spiro atoms. The van der Waals surface area contributed by atoms with E-state index in [0.717, 1.165) is 0 Å². The van der Waals surface area contributed by atoms with E-state index >= 15 is 0 Å². The molecule has 0 saturated carbocycles. The second-order valence-corrected chi connectivity index (χ2v) is 11.8. The van der Waals surface area contributed by atoms with E-state index < -0.39 is 16.6 Å². The van der Waals surface area contributed by atoms with Crippen molar-refractivity contribution in [2.75, 3.05) is 0 Å². The molecule has 0 aliphatic rings. The van der Waals surface area contributed by atoms with Crippen molar-refractivity contribution < 1.29 is 9.59 Å². The molecule has 0 aromatic carbocycles. The van der Waals surface area contributed by atoms with Gasteiger partial charge in [0.1, 0.15) is 0 Å². The van der Waals surface area contributed by atoms with Gasteiger partial charge in [-0.25, -0.2) is 0 Å². The Morgan fingerprint density at radius 3 is 1.09 bits per heavy atom. The highest BCUT2D eigenvalue weighted by atomic mass is 28.4. The molecule has 0 bridgehead atoms. The Morgan fingerprint density at radius 2 is 1.09 bits per heavy atom. The molecule has 0 aliphatic carbocycles. The van der Waals surface area contributed by atoms with Gasteiger partial charge in [0.15, 0.2) is 0 Å². The largest absolute Gasteiger partial charge is 0.298 e. The van der Waals surface area contributed by atoms with Gasteiger partial charge in [0.05, 0.1) is 0 Å². The molecule has 0 amide bonds. The van der Waals surface area contributed by atoms with Crippen molar-refractivity contribution >= 4 is 16.6 Å². The first-order chi connectivity index (χ1) is 4.56. The highest BCUT2D eigenvalue weighted by Gasteiger charge is 2.11. The summed E-state index contributed by atoms with van der Waals surface area (Å²) in [4.78, 5) is 20.7. The second kappa shape index (κ2) is 4.87. The second-order valence-electron chi connectivity index (χ2n) is 3.92. The highest BCUT2D eigenvalue weighted by Crippen LogP contribution is 1.94. The SMILES string of the molecule is C=C[Si](C)(C)[O].C[Si](C)(C)[O]. The zero-order chi connectivity index (χ0) is 9.71. The summed E-state index contributed by atoms with van der Waals surface area (Å²) < 4.78 is 0. The topological polar surface area (TPSA) is 39.8 Å². The Labute approximate surface area is 71.8 Å². The summed E-state index contributed by atoms with van der Waals surface area (Å²) in [6, 6.07) is 0. The molecule has 0 aromatic rings. The van der Waals surface area contributed by atoms with Gasteiger partial charge in [-0.15, -0.1) is 6.58 Å². The van der Waals surface area contributed by atoms with Gasteiger partial charge in [-0.3, -0.25) is 9.59 Å². The molecule has 66 valence electrons. The first-order valence-corrected chi connectivity index (χ1v) is 10.00. The van der Waals surface area contributed by atoms with Crippen LogP contribution >= 0.6 is 0 Å². The van der Waals surface area contributed by atoms with E-state index in [9.17, 15) is 9.59 Å². The molecule has 2 radical (unpaired) electrons. The maximum Gasteiger partial charge on any atom is 0.254 e. The van der Waals surface area contributed by atoms with Gasteiger partial charge in [-0.2, -0.15) is 0 Å². The summed E-state index contributed by atoms with van der Waals surface area (Å²) in [7, 11) is -3.98. The summed E-state index contributed by atoms with van der Waals surface area (Å²) >= 11 is 0. The van der Waals surface area contributed by atoms with Crippen LogP contribution in [0.4, 0.5) is 0 Å². The summed E-state index contributed by atoms with van der Waals surface area (Å²) in [5, 5.41) is 0. The fourth-order valence-electron chi connectivity index (χ4n) is 0. The van der Waals surface area contributed by atoms with Crippen molar-refractivity contribution in [1.29, 1.82) is 0 Å². The third kappa shape index (κ3) is 69.1. The molecule has 0 rings (SSSR count). The molecule has 0 aliphatic heterocycles. The molecule has 4 heteroatoms. The average Bonchev–Trinajstić information content (AvgIpc) is 1.59. The first kappa shape index (κ1) is 13.7. The lowest BCUT2D eigenvalue weighted by Crippen LogP contribution is -2.17. The Morgan fingerprint density at radius 1 is 1.00 bits per heavy atom. The standard InChI is InChI=1S/C4H9OSi.C3H9OSi/c1-4-6(2,3)5;1-5(2,3)4/h4H,1H2,2-3H3;1-3H3. The van der Waals surface area contributed by atoms with Crippen LogP contribution in [0.5, 0.6) is 0 Å². The van der Waals surface area contributed by atoms with Gasteiger partial charge in [-0.1, -0.05) is 5.70 Å². The zero-order valence-corrected chi connectivity index (χ0v) is 10.1. The Balaban J connectivity index is 0. The number of rotatable bonds is 1. The minimum absolute atomic E-state index is 1.52.